The molecule has 3 rings (SSSR count). The van der Waals surface area contributed by atoms with Crippen molar-refractivity contribution < 1.29 is 9.84 Å². The Bertz CT molecular complexity index is 460. The monoisotopic (exact) mass is 275 g/mol. The molecule has 2 fully saturated rings. The molecule has 3 atom stereocenters. The van der Waals surface area contributed by atoms with Gasteiger partial charge in [0.2, 0.25) is 0 Å². The first-order valence-corrected chi connectivity index (χ1v) is 7.85. The summed E-state index contributed by atoms with van der Waals surface area (Å²) in [7, 11) is 1.68. The first-order chi connectivity index (χ1) is 9.72. The molecule has 2 N–H and O–H groups in total. The van der Waals surface area contributed by atoms with E-state index in [1.165, 1.54) is 25.7 Å². The zero-order valence-electron chi connectivity index (χ0n) is 12.3. The van der Waals surface area contributed by atoms with Gasteiger partial charge in [-0.3, -0.25) is 0 Å². The Kier molecular flexibility index (Phi) is 3.88. The summed E-state index contributed by atoms with van der Waals surface area (Å²) in [5.41, 5.74) is 0.536. The number of aliphatic hydroxyl groups is 1. The second-order valence-electron chi connectivity index (χ2n) is 6.29. The Balaban J connectivity index is 1.77. The molecular weight excluding hydrogens is 250 g/mol. The van der Waals surface area contributed by atoms with Crippen LogP contribution >= 0.6 is 0 Å². The average Bonchev–Trinajstić information content (AvgIpc) is 2.48. The maximum Gasteiger partial charge on any atom is 0.120 e. The summed E-state index contributed by atoms with van der Waals surface area (Å²) in [6.45, 7) is 0. The van der Waals surface area contributed by atoms with Crippen molar-refractivity contribution in [3.05, 3.63) is 24.3 Å². The van der Waals surface area contributed by atoms with Crippen LogP contribution in [0.5, 0.6) is 5.75 Å². The Hall–Kier alpha value is -1.22. The third-order valence-corrected chi connectivity index (χ3v) is 5.15. The van der Waals surface area contributed by atoms with E-state index in [0.717, 1.165) is 30.7 Å². The number of methoxy groups -OCH3 is 1. The normalized spacial score (nSPS) is 33.3. The van der Waals surface area contributed by atoms with E-state index in [2.05, 4.69) is 11.4 Å². The molecule has 0 bridgehead atoms. The number of hydrogen-bond acceptors (Lipinski definition) is 3. The van der Waals surface area contributed by atoms with E-state index in [1.807, 2.05) is 18.2 Å². The topological polar surface area (TPSA) is 41.5 Å². The Labute approximate surface area is 121 Å². The number of hydrogen-bond donors (Lipinski definition) is 2. The van der Waals surface area contributed by atoms with Crippen molar-refractivity contribution in [2.75, 3.05) is 12.4 Å². The van der Waals surface area contributed by atoms with Crippen molar-refractivity contribution in [1.82, 2.24) is 0 Å². The molecule has 2 aliphatic carbocycles. The Morgan fingerprint density at radius 1 is 1.20 bits per heavy atom. The molecule has 2 unspecified atom stereocenters. The number of rotatable bonds is 3. The highest BCUT2D eigenvalue weighted by atomic mass is 16.5. The molecule has 1 aromatic carbocycles. The predicted molar refractivity (Wildman–Crippen MR) is 81.2 cm³/mol. The molecule has 3 heteroatoms. The molecule has 0 heterocycles. The molecule has 0 aliphatic heterocycles. The standard InChI is InChI=1S/C17H25NO2/c1-20-15-9-5-8-14(12-15)18-16-10-4-7-13-6-2-3-11-17(13,16)19/h5,8-9,12-13,16,18-19H,2-4,6-7,10-11H2,1H3/t13?,16-,17?/m0/s1. The van der Waals surface area contributed by atoms with Gasteiger partial charge in [-0.05, 0) is 43.7 Å². The fourth-order valence-corrected chi connectivity index (χ4v) is 4.04. The van der Waals surface area contributed by atoms with Gasteiger partial charge in [0.25, 0.3) is 0 Å². The van der Waals surface area contributed by atoms with Crippen LogP contribution in [0.3, 0.4) is 0 Å². The van der Waals surface area contributed by atoms with Crippen molar-refractivity contribution >= 4 is 5.69 Å². The highest BCUT2D eigenvalue weighted by molar-refractivity contribution is 5.49. The van der Waals surface area contributed by atoms with Gasteiger partial charge in [-0.2, -0.15) is 0 Å². The highest BCUT2D eigenvalue weighted by Crippen LogP contribution is 2.44. The summed E-state index contributed by atoms with van der Waals surface area (Å²) in [5, 5.41) is 14.7. The van der Waals surface area contributed by atoms with Gasteiger partial charge in [0.15, 0.2) is 0 Å². The van der Waals surface area contributed by atoms with E-state index in [4.69, 9.17) is 4.74 Å². The Morgan fingerprint density at radius 2 is 2.05 bits per heavy atom. The molecule has 110 valence electrons. The van der Waals surface area contributed by atoms with E-state index in [0.29, 0.717) is 5.92 Å². The van der Waals surface area contributed by atoms with Crippen LogP contribution in [0.15, 0.2) is 24.3 Å². The molecule has 2 aliphatic rings. The number of nitrogens with one attached hydrogen (secondary N) is 1. The van der Waals surface area contributed by atoms with Crippen molar-refractivity contribution in [2.24, 2.45) is 5.92 Å². The van der Waals surface area contributed by atoms with E-state index in [9.17, 15) is 5.11 Å². The van der Waals surface area contributed by atoms with Crippen LogP contribution in [0.25, 0.3) is 0 Å². The number of benzene rings is 1. The molecular formula is C17H25NO2. The largest absolute Gasteiger partial charge is 0.497 e. The van der Waals surface area contributed by atoms with Crippen molar-refractivity contribution in [2.45, 2.75) is 56.6 Å². The maximum atomic E-state index is 11.1. The van der Waals surface area contributed by atoms with Gasteiger partial charge < -0.3 is 15.2 Å². The second-order valence-corrected chi connectivity index (χ2v) is 6.29. The zero-order chi connectivity index (χ0) is 14.0. The minimum absolute atomic E-state index is 0.175. The zero-order valence-corrected chi connectivity index (χ0v) is 12.3. The molecule has 20 heavy (non-hydrogen) atoms. The summed E-state index contributed by atoms with van der Waals surface area (Å²) in [4.78, 5) is 0. The molecule has 0 amide bonds. The second kappa shape index (κ2) is 5.65. The number of fused-ring (bicyclic) bond motifs is 1. The summed E-state index contributed by atoms with van der Waals surface area (Å²) >= 11 is 0. The van der Waals surface area contributed by atoms with Crippen molar-refractivity contribution in [3.63, 3.8) is 0 Å². The molecule has 1 aromatic rings. The molecule has 3 nitrogen and oxygen atoms in total. The molecule has 0 saturated heterocycles. The summed E-state index contributed by atoms with van der Waals surface area (Å²) < 4.78 is 5.27. The minimum Gasteiger partial charge on any atom is -0.497 e. The van der Waals surface area contributed by atoms with Crippen LogP contribution in [0.1, 0.15) is 44.9 Å². The molecule has 0 radical (unpaired) electrons. The third-order valence-electron chi connectivity index (χ3n) is 5.15. The van der Waals surface area contributed by atoms with Crippen LogP contribution in [-0.2, 0) is 0 Å². The van der Waals surface area contributed by atoms with Gasteiger partial charge in [-0.15, -0.1) is 0 Å². The maximum absolute atomic E-state index is 11.1. The average molecular weight is 275 g/mol. The SMILES string of the molecule is COc1cccc(N[C@H]2CCCC3CCCCC32O)c1. The van der Waals surface area contributed by atoms with Gasteiger partial charge in [-0.1, -0.05) is 25.3 Å². The van der Waals surface area contributed by atoms with Gasteiger partial charge in [0.05, 0.1) is 18.8 Å². The number of ether oxygens (including phenoxy) is 1. The first kappa shape index (κ1) is 13.7. The molecule has 0 spiro atoms. The van der Waals surface area contributed by atoms with Crippen LogP contribution in [0.2, 0.25) is 0 Å². The lowest BCUT2D eigenvalue weighted by Crippen LogP contribution is -2.56. The van der Waals surface area contributed by atoms with E-state index < -0.39 is 5.60 Å². The lowest BCUT2D eigenvalue weighted by Gasteiger charge is -2.49. The van der Waals surface area contributed by atoms with E-state index in [1.54, 1.807) is 7.11 Å². The van der Waals surface area contributed by atoms with Gasteiger partial charge >= 0.3 is 0 Å². The smallest absolute Gasteiger partial charge is 0.120 e. The van der Waals surface area contributed by atoms with Crippen molar-refractivity contribution in [1.29, 1.82) is 0 Å². The van der Waals surface area contributed by atoms with E-state index >= 15 is 0 Å². The van der Waals surface area contributed by atoms with Crippen LogP contribution in [0, 0.1) is 5.92 Å². The third kappa shape index (κ3) is 2.51. The highest BCUT2D eigenvalue weighted by Gasteiger charge is 2.47. The lowest BCUT2D eigenvalue weighted by atomic mass is 9.65. The quantitative estimate of drug-likeness (QED) is 0.886. The summed E-state index contributed by atoms with van der Waals surface area (Å²) in [6, 6.07) is 8.18. The van der Waals surface area contributed by atoms with E-state index in [-0.39, 0.29) is 6.04 Å². The molecule has 2 saturated carbocycles. The van der Waals surface area contributed by atoms with Crippen LogP contribution < -0.4 is 10.1 Å². The predicted octanol–water partition coefficient (Wildman–Crippen LogP) is 3.58. The summed E-state index contributed by atoms with van der Waals surface area (Å²) in [5.74, 6) is 1.34. The lowest BCUT2D eigenvalue weighted by molar-refractivity contribution is -0.0835. The molecule has 0 aromatic heterocycles. The first-order valence-electron chi connectivity index (χ1n) is 7.85. The van der Waals surface area contributed by atoms with Crippen LogP contribution in [-0.4, -0.2) is 23.9 Å². The van der Waals surface area contributed by atoms with Gasteiger partial charge in [0, 0.05) is 11.8 Å². The fourth-order valence-electron chi connectivity index (χ4n) is 4.04. The van der Waals surface area contributed by atoms with Crippen LogP contribution in [0.4, 0.5) is 5.69 Å². The Morgan fingerprint density at radius 3 is 2.90 bits per heavy atom. The van der Waals surface area contributed by atoms with Gasteiger partial charge in [0.1, 0.15) is 5.75 Å². The van der Waals surface area contributed by atoms with Gasteiger partial charge in [-0.25, -0.2) is 0 Å². The minimum atomic E-state index is -0.514. The van der Waals surface area contributed by atoms with Crippen molar-refractivity contribution in [3.8, 4) is 5.75 Å². The fraction of sp³-hybridized carbons (Fsp3) is 0.647. The summed E-state index contributed by atoms with van der Waals surface area (Å²) in [6.07, 6.45) is 8.03. The number of anilines is 1.